The van der Waals surface area contributed by atoms with Gasteiger partial charge < -0.3 is 16.0 Å². The van der Waals surface area contributed by atoms with Gasteiger partial charge in [0.25, 0.3) is 0 Å². The number of unbranched alkanes of at least 4 members (excludes halogenated alkanes) is 1. The fraction of sp³-hybridized carbons (Fsp3) is 0.500. The molecule has 1 rings (SSSR count). The third-order valence-corrected chi connectivity index (χ3v) is 4.00. The van der Waals surface area contributed by atoms with Crippen molar-refractivity contribution in [2.75, 3.05) is 20.1 Å². The van der Waals surface area contributed by atoms with E-state index in [0.29, 0.717) is 25.5 Å². The number of benzene rings is 1. The first-order valence-electron chi connectivity index (χ1n) is 7.55. The van der Waals surface area contributed by atoms with Crippen molar-refractivity contribution in [3.63, 3.8) is 0 Å². The van der Waals surface area contributed by atoms with Gasteiger partial charge in [-0.05, 0) is 18.1 Å². The quantitative estimate of drug-likeness (QED) is 0.251. The van der Waals surface area contributed by atoms with Crippen molar-refractivity contribution in [3.05, 3.63) is 34.3 Å². The standard InChI is InChI=1S/C16H25BrN4O.HI/c1-3-4-10-19-16(18)20-11-9-15(22)21(2)12-13-7-5-6-8-14(13)17;/h5-8H,3-4,9-12H2,1-2H3,(H3,18,19,20);1H. The van der Waals surface area contributed by atoms with Crippen molar-refractivity contribution in [3.8, 4) is 0 Å². The Morgan fingerprint density at radius 3 is 2.74 bits per heavy atom. The monoisotopic (exact) mass is 496 g/mol. The Kier molecular flexibility index (Phi) is 12.1. The summed E-state index contributed by atoms with van der Waals surface area (Å²) in [7, 11) is 1.81. The molecular weight excluding hydrogens is 471 g/mol. The number of halogens is 2. The van der Waals surface area contributed by atoms with Crippen LogP contribution >= 0.6 is 39.9 Å². The number of nitrogens with one attached hydrogen (secondary N) is 1. The van der Waals surface area contributed by atoms with E-state index < -0.39 is 0 Å². The third kappa shape index (κ3) is 9.14. The number of aliphatic imine (C=N–C) groups is 1. The molecule has 0 saturated heterocycles. The van der Waals surface area contributed by atoms with Crippen LogP contribution in [-0.4, -0.2) is 36.9 Å². The predicted molar refractivity (Wildman–Crippen MR) is 110 cm³/mol. The summed E-state index contributed by atoms with van der Waals surface area (Å²) < 4.78 is 1.01. The summed E-state index contributed by atoms with van der Waals surface area (Å²) in [5, 5.41) is 2.97. The Morgan fingerprint density at radius 2 is 2.09 bits per heavy atom. The van der Waals surface area contributed by atoms with Crippen LogP contribution in [0.4, 0.5) is 0 Å². The van der Waals surface area contributed by atoms with E-state index in [1.54, 1.807) is 11.9 Å². The maximum Gasteiger partial charge on any atom is 0.224 e. The van der Waals surface area contributed by atoms with Gasteiger partial charge in [0.15, 0.2) is 5.96 Å². The van der Waals surface area contributed by atoms with Crippen LogP contribution in [0.15, 0.2) is 33.7 Å². The molecule has 3 N–H and O–H groups in total. The van der Waals surface area contributed by atoms with E-state index in [9.17, 15) is 4.79 Å². The summed E-state index contributed by atoms with van der Waals surface area (Å²) >= 11 is 3.49. The lowest BCUT2D eigenvalue weighted by atomic mass is 10.2. The fourth-order valence-electron chi connectivity index (χ4n) is 1.87. The fourth-order valence-corrected chi connectivity index (χ4v) is 2.28. The van der Waals surface area contributed by atoms with Gasteiger partial charge in [-0.2, -0.15) is 0 Å². The summed E-state index contributed by atoms with van der Waals surface area (Å²) in [6.07, 6.45) is 2.51. The molecule has 0 spiro atoms. The molecule has 0 fully saturated rings. The molecule has 0 saturated carbocycles. The Bertz CT molecular complexity index is 511. The van der Waals surface area contributed by atoms with Crippen molar-refractivity contribution >= 4 is 51.8 Å². The Labute approximate surface area is 164 Å². The van der Waals surface area contributed by atoms with Crippen molar-refractivity contribution in [2.45, 2.75) is 32.7 Å². The highest BCUT2D eigenvalue weighted by Gasteiger charge is 2.10. The molecule has 130 valence electrons. The molecule has 1 aromatic carbocycles. The lowest BCUT2D eigenvalue weighted by Gasteiger charge is -2.18. The lowest BCUT2D eigenvalue weighted by Crippen LogP contribution is -2.36. The molecule has 23 heavy (non-hydrogen) atoms. The number of rotatable bonds is 8. The summed E-state index contributed by atoms with van der Waals surface area (Å²) in [5.74, 6) is 0.485. The molecule has 0 heterocycles. The molecule has 1 amide bonds. The van der Waals surface area contributed by atoms with Gasteiger partial charge in [0, 0.05) is 37.6 Å². The van der Waals surface area contributed by atoms with Crippen LogP contribution in [0.25, 0.3) is 0 Å². The van der Waals surface area contributed by atoms with E-state index in [0.717, 1.165) is 29.4 Å². The van der Waals surface area contributed by atoms with Crippen molar-refractivity contribution in [1.82, 2.24) is 10.2 Å². The van der Waals surface area contributed by atoms with E-state index >= 15 is 0 Å². The van der Waals surface area contributed by atoms with Crippen LogP contribution in [0, 0.1) is 0 Å². The maximum atomic E-state index is 12.1. The number of nitrogens with two attached hydrogens (primary N) is 1. The minimum Gasteiger partial charge on any atom is -0.370 e. The average Bonchev–Trinajstić information content (AvgIpc) is 2.49. The molecule has 5 nitrogen and oxygen atoms in total. The van der Waals surface area contributed by atoms with Gasteiger partial charge in [-0.15, -0.1) is 24.0 Å². The van der Waals surface area contributed by atoms with E-state index in [-0.39, 0.29) is 29.9 Å². The van der Waals surface area contributed by atoms with Crippen molar-refractivity contribution in [1.29, 1.82) is 0 Å². The molecule has 0 bridgehead atoms. The molecule has 0 unspecified atom stereocenters. The molecule has 0 aromatic heterocycles. The maximum absolute atomic E-state index is 12.1. The average molecular weight is 497 g/mol. The van der Waals surface area contributed by atoms with Crippen LogP contribution in [0.1, 0.15) is 31.7 Å². The van der Waals surface area contributed by atoms with Gasteiger partial charge in [-0.25, -0.2) is 0 Å². The molecule has 0 aliphatic carbocycles. The topological polar surface area (TPSA) is 70.7 Å². The second-order valence-corrected chi connectivity index (χ2v) is 5.99. The zero-order valence-electron chi connectivity index (χ0n) is 13.7. The van der Waals surface area contributed by atoms with Gasteiger partial charge in [0.1, 0.15) is 0 Å². The van der Waals surface area contributed by atoms with Gasteiger partial charge >= 0.3 is 0 Å². The van der Waals surface area contributed by atoms with Gasteiger partial charge in [0.05, 0.1) is 0 Å². The number of carbonyl (C=O) groups is 1. The minimum atomic E-state index is 0. The number of carbonyl (C=O) groups excluding carboxylic acids is 1. The van der Waals surface area contributed by atoms with Gasteiger partial charge in [-0.3, -0.25) is 9.79 Å². The normalized spacial score (nSPS) is 10.8. The minimum absolute atomic E-state index is 0. The first-order chi connectivity index (χ1) is 10.5. The van der Waals surface area contributed by atoms with E-state index in [2.05, 4.69) is 33.2 Å². The Balaban J connectivity index is 0.00000484. The van der Waals surface area contributed by atoms with Crippen LogP contribution in [-0.2, 0) is 11.3 Å². The van der Waals surface area contributed by atoms with E-state index in [4.69, 9.17) is 5.73 Å². The summed E-state index contributed by atoms with van der Waals surface area (Å²) in [6, 6.07) is 7.90. The number of hydrogen-bond donors (Lipinski definition) is 2. The SMILES string of the molecule is CCCCN=C(N)NCCC(=O)N(C)Cc1ccccc1Br.I. The summed E-state index contributed by atoms with van der Waals surface area (Å²) in [4.78, 5) is 18.0. The van der Waals surface area contributed by atoms with Crippen molar-refractivity contribution < 1.29 is 4.79 Å². The third-order valence-electron chi connectivity index (χ3n) is 3.23. The lowest BCUT2D eigenvalue weighted by molar-refractivity contribution is -0.130. The second kappa shape index (κ2) is 12.6. The van der Waals surface area contributed by atoms with Crippen LogP contribution in [0.5, 0.6) is 0 Å². The molecule has 0 radical (unpaired) electrons. The number of hydrogen-bond acceptors (Lipinski definition) is 2. The largest absolute Gasteiger partial charge is 0.370 e. The number of amides is 1. The summed E-state index contributed by atoms with van der Waals surface area (Å²) in [6.45, 7) is 3.92. The van der Waals surface area contributed by atoms with E-state index in [1.807, 2.05) is 24.3 Å². The highest BCUT2D eigenvalue weighted by Crippen LogP contribution is 2.17. The van der Waals surface area contributed by atoms with Crippen LogP contribution in [0.3, 0.4) is 0 Å². The zero-order valence-corrected chi connectivity index (χ0v) is 17.6. The van der Waals surface area contributed by atoms with Gasteiger partial charge in [0.2, 0.25) is 5.91 Å². The Morgan fingerprint density at radius 1 is 1.39 bits per heavy atom. The smallest absolute Gasteiger partial charge is 0.224 e. The second-order valence-electron chi connectivity index (χ2n) is 5.14. The molecule has 0 aliphatic rings. The highest BCUT2D eigenvalue weighted by molar-refractivity contribution is 14.0. The van der Waals surface area contributed by atoms with Gasteiger partial charge in [-0.1, -0.05) is 47.5 Å². The molecule has 0 atom stereocenters. The van der Waals surface area contributed by atoms with Crippen LogP contribution in [0.2, 0.25) is 0 Å². The molecule has 1 aromatic rings. The number of guanidine groups is 1. The first kappa shape index (κ1) is 22.2. The molecule has 0 aliphatic heterocycles. The Hall–Kier alpha value is -0.830. The van der Waals surface area contributed by atoms with Crippen LogP contribution < -0.4 is 11.1 Å². The molecule has 7 heteroatoms. The predicted octanol–water partition coefficient (Wildman–Crippen LogP) is 3.12. The van der Waals surface area contributed by atoms with Crippen molar-refractivity contribution in [2.24, 2.45) is 10.7 Å². The zero-order chi connectivity index (χ0) is 16.4. The number of nitrogens with zero attached hydrogens (tertiary/aromatic N) is 2. The summed E-state index contributed by atoms with van der Waals surface area (Å²) in [5.41, 5.74) is 6.82. The molecular formula is C16H26BrIN4O. The first-order valence-corrected chi connectivity index (χ1v) is 8.35. The highest BCUT2D eigenvalue weighted by atomic mass is 127. The van der Waals surface area contributed by atoms with E-state index in [1.165, 1.54) is 0 Å².